The Bertz CT molecular complexity index is 540. The summed E-state index contributed by atoms with van der Waals surface area (Å²) < 4.78 is 13.0. The zero-order chi connectivity index (χ0) is 14.3. The van der Waals surface area contributed by atoms with Gasteiger partial charge in [0.25, 0.3) is 0 Å². The van der Waals surface area contributed by atoms with Gasteiger partial charge in [0.05, 0.1) is 0 Å². The highest BCUT2D eigenvalue weighted by atomic mass is 35.5. The van der Waals surface area contributed by atoms with Crippen molar-refractivity contribution in [3.05, 3.63) is 34.6 Å². The van der Waals surface area contributed by atoms with Crippen molar-refractivity contribution in [1.82, 2.24) is 9.80 Å². The van der Waals surface area contributed by atoms with Crippen LogP contribution in [0.3, 0.4) is 0 Å². The van der Waals surface area contributed by atoms with Crippen molar-refractivity contribution < 1.29 is 14.3 Å². The number of rotatable bonds is 3. The first-order chi connectivity index (χ1) is 9.54. The van der Waals surface area contributed by atoms with Gasteiger partial charge in [0.1, 0.15) is 5.82 Å². The lowest BCUT2D eigenvalue weighted by atomic mass is 10.1. The summed E-state index contributed by atoms with van der Waals surface area (Å²) in [5.41, 5.74) is 0.936. The lowest BCUT2D eigenvalue weighted by molar-refractivity contribution is 0.103. The number of likely N-dealkylation sites (tertiary alicyclic amines) is 2. The number of fused-ring (bicyclic) bond motifs is 2. The summed E-state index contributed by atoms with van der Waals surface area (Å²) in [6.45, 7) is 2.22. The van der Waals surface area contributed by atoms with Crippen LogP contribution in [0.15, 0.2) is 18.2 Å². The quantitative estimate of drug-likeness (QED) is 0.932. The third kappa shape index (κ3) is 2.47. The number of hydrogen-bond donors (Lipinski definition) is 1. The summed E-state index contributed by atoms with van der Waals surface area (Å²) in [6.07, 6.45) is 0.859. The molecule has 0 spiro atoms. The Kier molecular flexibility index (Phi) is 3.56. The van der Waals surface area contributed by atoms with Crippen molar-refractivity contribution in [3.63, 3.8) is 0 Å². The van der Waals surface area contributed by atoms with Gasteiger partial charge in [-0.05, 0) is 30.5 Å². The van der Waals surface area contributed by atoms with Gasteiger partial charge >= 0.3 is 6.09 Å². The third-order valence-electron chi connectivity index (χ3n) is 4.28. The van der Waals surface area contributed by atoms with Gasteiger partial charge in [0, 0.05) is 36.7 Å². The maximum absolute atomic E-state index is 13.0. The van der Waals surface area contributed by atoms with E-state index >= 15 is 0 Å². The summed E-state index contributed by atoms with van der Waals surface area (Å²) in [5, 5.41) is 9.51. The van der Waals surface area contributed by atoms with Crippen LogP contribution in [0, 0.1) is 5.82 Å². The maximum Gasteiger partial charge on any atom is 0.407 e. The number of benzene rings is 1. The molecule has 2 fully saturated rings. The summed E-state index contributed by atoms with van der Waals surface area (Å²) in [7, 11) is 0. The maximum atomic E-state index is 13.0. The molecule has 2 aliphatic rings. The van der Waals surface area contributed by atoms with Crippen LogP contribution in [0.5, 0.6) is 0 Å². The molecule has 0 aromatic heterocycles. The molecule has 1 aromatic carbocycles. The Morgan fingerprint density at radius 3 is 2.80 bits per heavy atom. The summed E-state index contributed by atoms with van der Waals surface area (Å²) in [5.74, 6) is -0.323. The summed E-state index contributed by atoms with van der Waals surface area (Å²) in [4.78, 5) is 14.9. The first kappa shape index (κ1) is 13.6. The molecule has 2 saturated heterocycles. The van der Waals surface area contributed by atoms with Gasteiger partial charge in [0.15, 0.2) is 0 Å². The molecule has 2 atom stereocenters. The van der Waals surface area contributed by atoms with E-state index in [1.54, 1.807) is 6.07 Å². The molecule has 1 aromatic rings. The van der Waals surface area contributed by atoms with E-state index in [-0.39, 0.29) is 11.9 Å². The molecule has 0 radical (unpaired) electrons. The van der Waals surface area contributed by atoms with Gasteiger partial charge in [0.2, 0.25) is 0 Å². The second-order valence-electron chi connectivity index (χ2n) is 5.46. The van der Waals surface area contributed by atoms with Crippen LogP contribution >= 0.6 is 11.6 Å². The third-order valence-corrected chi connectivity index (χ3v) is 4.64. The highest BCUT2D eigenvalue weighted by molar-refractivity contribution is 6.31. The van der Waals surface area contributed by atoms with Gasteiger partial charge in [-0.25, -0.2) is 9.18 Å². The Morgan fingerprint density at radius 2 is 2.20 bits per heavy atom. The van der Waals surface area contributed by atoms with Crippen molar-refractivity contribution in [1.29, 1.82) is 0 Å². The largest absolute Gasteiger partial charge is 0.465 e. The van der Waals surface area contributed by atoms with Crippen LogP contribution in [0.4, 0.5) is 9.18 Å². The molecule has 1 amide bonds. The Morgan fingerprint density at radius 1 is 1.40 bits per heavy atom. The van der Waals surface area contributed by atoms with Crippen LogP contribution < -0.4 is 0 Å². The molecule has 6 heteroatoms. The van der Waals surface area contributed by atoms with E-state index < -0.39 is 6.09 Å². The molecule has 4 nitrogen and oxygen atoms in total. The van der Waals surface area contributed by atoms with Crippen LogP contribution in [0.25, 0.3) is 0 Å². The Balaban J connectivity index is 1.58. The SMILES string of the molecule is O=C(O)N1CC2CC1CN2CCc1ccc(F)cc1Cl. The van der Waals surface area contributed by atoms with Crippen molar-refractivity contribution in [3.8, 4) is 0 Å². The first-order valence-electron chi connectivity index (χ1n) is 6.72. The minimum absolute atomic E-state index is 0.126. The van der Waals surface area contributed by atoms with Crippen molar-refractivity contribution in [2.75, 3.05) is 19.6 Å². The normalized spacial score (nSPS) is 25.4. The molecular weight excluding hydrogens is 283 g/mol. The Hall–Kier alpha value is -1.33. The van der Waals surface area contributed by atoms with Crippen molar-refractivity contribution >= 4 is 17.7 Å². The number of nitrogens with zero attached hydrogens (tertiary/aromatic N) is 2. The molecule has 1 N–H and O–H groups in total. The average Bonchev–Trinajstić information content (AvgIpc) is 2.97. The fraction of sp³-hybridized carbons (Fsp3) is 0.500. The van der Waals surface area contributed by atoms with E-state index in [1.165, 1.54) is 17.0 Å². The van der Waals surface area contributed by atoms with E-state index in [0.29, 0.717) is 17.6 Å². The fourth-order valence-electron chi connectivity index (χ4n) is 3.25. The highest BCUT2D eigenvalue weighted by Crippen LogP contribution is 2.31. The van der Waals surface area contributed by atoms with E-state index in [1.807, 2.05) is 0 Å². The van der Waals surface area contributed by atoms with Crippen LogP contribution in [0.2, 0.25) is 5.02 Å². The minimum atomic E-state index is -0.821. The zero-order valence-electron chi connectivity index (χ0n) is 10.9. The summed E-state index contributed by atoms with van der Waals surface area (Å²) in [6, 6.07) is 4.91. The van der Waals surface area contributed by atoms with Crippen molar-refractivity contribution in [2.45, 2.75) is 24.9 Å². The smallest absolute Gasteiger partial charge is 0.407 e. The van der Waals surface area contributed by atoms with Gasteiger partial charge in [-0.15, -0.1) is 0 Å². The standard InChI is InChI=1S/C14H16ClFN2O2/c15-13-5-10(16)2-1-9(13)3-4-17-7-12-6-11(17)8-18(12)14(19)20/h1-2,5,11-12H,3-4,6-8H2,(H,19,20). The number of piperazine rings is 1. The molecule has 0 aliphatic carbocycles. The molecule has 2 heterocycles. The lowest BCUT2D eigenvalue weighted by Gasteiger charge is -2.32. The van der Waals surface area contributed by atoms with Gasteiger partial charge in [-0.2, -0.15) is 0 Å². The van der Waals surface area contributed by atoms with Gasteiger partial charge in [-0.1, -0.05) is 17.7 Å². The lowest BCUT2D eigenvalue weighted by Crippen LogP contribution is -2.48. The first-order valence-corrected chi connectivity index (χ1v) is 7.10. The van der Waals surface area contributed by atoms with E-state index in [4.69, 9.17) is 16.7 Å². The van der Waals surface area contributed by atoms with Gasteiger partial charge in [-0.3, -0.25) is 4.90 Å². The number of hydrogen-bond acceptors (Lipinski definition) is 2. The molecule has 108 valence electrons. The monoisotopic (exact) mass is 298 g/mol. The predicted octanol–water partition coefficient (Wildman–Crippen LogP) is 2.46. The molecule has 3 rings (SSSR count). The Labute approximate surface area is 121 Å². The van der Waals surface area contributed by atoms with Gasteiger partial charge < -0.3 is 10.0 Å². The summed E-state index contributed by atoms with van der Waals surface area (Å²) >= 11 is 6.01. The molecule has 2 bridgehead atoms. The predicted molar refractivity (Wildman–Crippen MR) is 73.6 cm³/mol. The van der Waals surface area contributed by atoms with E-state index in [0.717, 1.165) is 31.5 Å². The molecule has 20 heavy (non-hydrogen) atoms. The number of carboxylic acid groups (broad SMARTS) is 1. The zero-order valence-corrected chi connectivity index (χ0v) is 11.7. The van der Waals surface area contributed by atoms with Crippen LogP contribution in [0.1, 0.15) is 12.0 Å². The number of amides is 1. The molecule has 0 saturated carbocycles. The second kappa shape index (κ2) is 5.22. The highest BCUT2D eigenvalue weighted by Gasteiger charge is 2.44. The molecule has 2 unspecified atom stereocenters. The van der Waals surface area contributed by atoms with Crippen LogP contribution in [-0.4, -0.2) is 52.7 Å². The topological polar surface area (TPSA) is 43.8 Å². The minimum Gasteiger partial charge on any atom is -0.465 e. The molecule has 2 aliphatic heterocycles. The number of carbonyl (C=O) groups is 1. The van der Waals surface area contributed by atoms with Crippen LogP contribution in [-0.2, 0) is 6.42 Å². The second-order valence-corrected chi connectivity index (χ2v) is 5.87. The number of halogens is 2. The van der Waals surface area contributed by atoms with E-state index in [2.05, 4.69) is 4.90 Å². The van der Waals surface area contributed by atoms with E-state index in [9.17, 15) is 9.18 Å². The molecular formula is C14H16ClFN2O2. The van der Waals surface area contributed by atoms with Crippen molar-refractivity contribution in [2.24, 2.45) is 0 Å². The average molecular weight is 299 g/mol. The fourth-order valence-corrected chi connectivity index (χ4v) is 3.51.